The van der Waals surface area contributed by atoms with Crippen molar-refractivity contribution < 1.29 is 0 Å². The van der Waals surface area contributed by atoms with Crippen LogP contribution in [0.25, 0.3) is 0 Å². The number of hydrogen-bond donors (Lipinski definition) is 1. The van der Waals surface area contributed by atoms with E-state index in [1.165, 1.54) is 21.0 Å². The Morgan fingerprint density at radius 3 is 2.52 bits per heavy atom. The number of thiazole rings is 1. The first-order chi connectivity index (χ1) is 11.1. The van der Waals surface area contributed by atoms with Crippen LogP contribution in [0.3, 0.4) is 0 Å². The summed E-state index contributed by atoms with van der Waals surface area (Å²) in [6.45, 7) is 5.96. The first-order valence-electron chi connectivity index (χ1n) is 8.03. The molecule has 0 spiro atoms. The molecule has 0 aliphatic heterocycles. The van der Waals surface area contributed by atoms with E-state index in [9.17, 15) is 0 Å². The first kappa shape index (κ1) is 17.5. The quantitative estimate of drug-likeness (QED) is 0.653. The minimum Gasteiger partial charge on any atom is -0.356 e. The summed E-state index contributed by atoms with van der Waals surface area (Å²) in [4.78, 5) is 12.2. The monoisotopic (exact) mass is 330 g/mol. The fourth-order valence-electron chi connectivity index (χ4n) is 2.41. The van der Waals surface area contributed by atoms with Gasteiger partial charge in [0.25, 0.3) is 0 Å². The smallest absolute Gasteiger partial charge is 0.193 e. The van der Waals surface area contributed by atoms with Crippen LogP contribution in [0, 0.1) is 6.92 Å². The van der Waals surface area contributed by atoms with Gasteiger partial charge >= 0.3 is 0 Å². The van der Waals surface area contributed by atoms with Crippen LogP contribution >= 0.6 is 11.3 Å². The van der Waals surface area contributed by atoms with Gasteiger partial charge in [0.05, 0.1) is 5.01 Å². The zero-order chi connectivity index (χ0) is 16.7. The maximum Gasteiger partial charge on any atom is 0.193 e. The van der Waals surface area contributed by atoms with Crippen molar-refractivity contribution >= 4 is 17.3 Å². The predicted molar refractivity (Wildman–Crippen MR) is 99.2 cm³/mol. The lowest BCUT2D eigenvalue weighted by atomic mass is 10.1. The zero-order valence-electron chi connectivity index (χ0n) is 14.5. The van der Waals surface area contributed by atoms with Crippen LogP contribution in [-0.4, -0.2) is 36.5 Å². The number of aromatic nitrogens is 1. The SMILES string of the molecule is CCc1ccc(CN(C)C(=NC)NCCc2ncc(C)s2)cc1. The fraction of sp³-hybridized carbons (Fsp3) is 0.444. The average molecular weight is 331 g/mol. The standard InChI is InChI=1S/C18H26N4S/c1-5-15-6-8-16(9-7-15)13-22(4)18(19-3)20-11-10-17-21-12-14(2)23-17/h6-9,12H,5,10-11,13H2,1-4H3,(H,19,20). The normalized spacial score (nSPS) is 11.6. The van der Waals surface area contributed by atoms with Gasteiger partial charge in [0.2, 0.25) is 0 Å². The van der Waals surface area contributed by atoms with E-state index in [2.05, 4.69) is 65.4 Å². The highest BCUT2D eigenvalue weighted by Crippen LogP contribution is 2.11. The van der Waals surface area contributed by atoms with Crippen LogP contribution < -0.4 is 5.32 Å². The number of rotatable bonds is 6. The molecule has 1 aromatic carbocycles. The molecule has 1 heterocycles. The van der Waals surface area contributed by atoms with Gasteiger partial charge in [-0.3, -0.25) is 4.99 Å². The van der Waals surface area contributed by atoms with E-state index in [1.807, 2.05) is 13.2 Å². The molecule has 0 amide bonds. The Balaban J connectivity index is 1.84. The van der Waals surface area contributed by atoms with Gasteiger partial charge in [0.15, 0.2) is 5.96 Å². The summed E-state index contributed by atoms with van der Waals surface area (Å²) in [5.41, 5.74) is 2.67. The number of benzene rings is 1. The second-order valence-electron chi connectivity index (χ2n) is 5.61. The molecule has 0 unspecified atom stereocenters. The molecule has 0 saturated heterocycles. The molecule has 0 aliphatic carbocycles. The fourth-order valence-corrected chi connectivity index (χ4v) is 3.20. The van der Waals surface area contributed by atoms with Crippen LogP contribution in [0.2, 0.25) is 0 Å². The van der Waals surface area contributed by atoms with Crippen molar-refractivity contribution in [1.82, 2.24) is 15.2 Å². The van der Waals surface area contributed by atoms with Crippen LogP contribution in [0.1, 0.15) is 27.9 Å². The lowest BCUT2D eigenvalue weighted by molar-refractivity contribution is 0.477. The van der Waals surface area contributed by atoms with Crippen molar-refractivity contribution in [3.8, 4) is 0 Å². The first-order valence-corrected chi connectivity index (χ1v) is 8.85. The van der Waals surface area contributed by atoms with Crippen molar-refractivity contribution in [1.29, 1.82) is 0 Å². The number of nitrogens with zero attached hydrogens (tertiary/aromatic N) is 3. The van der Waals surface area contributed by atoms with Crippen molar-refractivity contribution in [2.75, 3.05) is 20.6 Å². The third-order valence-corrected chi connectivity index (χ3v) is 4.69. The number of guanidine groups is 1. The average Bonchev–Trinajstić information content (AvgIpc) is 2.97. The summed E-state index contributed by atoms with van der Waals surface area (Å²) >= 11 is 1.76. The molecule has 2 rings (SSSR count). The van der Waals surface area contributed by atoms with Gasteiger partial charge < -0.3 is 10.2 Å². The minimum absolute atomic E-state index is 0.846. The molecule has 23 heavy (non-hydrogen) atoms. The van der Waals surface area contributed by atoms with E-state index in [-0.39, 0.29) is 0 Å². The van der Waals surface area contributed by atoms with Crippen molar-refractivity contribution in [2.45, 2.75) is 33.2 Å². The maximum atomic E-state index is 4.39. The summed E-state index contributed by atoms with van der Waals surface area (Å²) in [6, 6.07) is 8.79. The summed E-state index contributed by atoms with van der Waals surface area (Å²) in [7, 11) is 3.89. The van der Waals surface area contributed by atoms with Crippen LogP contribution in [0.5, 0.6) is 0 Å². The Bertz CT molecular complexity index is 631. The summed E-state index contributed by atoms with van der Waals surface area (Å²) in [6.07, 6.45) is 3.94. The number of aryl methyl sites for hydroxylation is 2. The lowest BCUT2D eigenvalue weighted by Gasteiger charge is -2.22. The number of hydrogen-bond acceptors (Lipinski definition) is 3. The Hall–Kier alpha value is -1.88. The molecule has 0 atom stereocenters. The topological polar surface area (TPSA) is 40.5 Å². The second-order valence-corrected chi connectivity index (χ2v) is 6.93. The van der Waals surface area contributed by atoms with Crippen molar-refractivity contribution in [2.24, 2.45) is 4.99 Å². The molecular weight excluding hydrogens is 304 g/mol. The highest BCUT2D eigenvalue weighted by Gasteiger charge is 2.07. The molecule has 0 saturated carbocycles. The third-order valence-electron chi connectivity index (χ3n) is 3.72. The van der Waals surface area contributed by atoms with E-state index >= 15 is 0 Å². The van der Waals surface area contributed by atoms with Gasteiger partial charge in [-0.2, -0.15) is 0 Å². The Morgan fingerprint density at radius 2 is 1.96 bits per heavy atom. The molecule has 5 heteroatoms. The highest BCUT2D eigenvalue weighted by molar-refractivity contribution is 7.11. The molecule has 124 valence electrons. The van der Waals surface area contributed by atoms with Crippen LogP contribution in [0.4, 0.5) is 0 Å². The Morgan fingerprint density at radius 1 is 1.26 bits per heavy atom. The summed E-state index contributed by atoms with van der Waals surface area (Å²) < 4.78 is 0. The molecule has 0 aliphatic rings. The molecule has 1 aromatic heterocycles. The molecule has 0 fully saturated rings. The van der Waals surface area contributed by atoms with Gasteiger partial charge in [0.1, 0.15) is 0 Å². The van der Waals surface area contributed by atoms with Gasteiger partial charge in [-0.05, 0) is 24.5 Å². The molecular formula is C18H26N4S. The predicted octanol–water partition coefficient (Wildman–Crippen LogP) is 3.26. The van der Waals surface area contributed by atoms with Crippen LogP contribution in [0.15, 0.2) is 35.5 Å². The third kappa shape index (κ3) is 5.36. The Kier molecular flexibility index (Phi) is 6.59. The van der Waals surface area contributed by atoms with Gasteiger partial charge in [-0.25, -0.2) is 4.98 Å². The van der Waals surface area contributed by atoms with Gasteiger partial charge in [0, 0.05) is 44.7 Å². The van der Waals surface area contributed by atoms with E-state index < -0.39 is 0 Å². The molecule has 0 radical (unpaired) electrons. The van der Waals surface area contributed by atoms with Crippen molar-refractivity contribution in [3.05, 3.63) is 51.5 Å². The highest BCUT2D eigenvalue weighted by atomic mass is 32.1. The lowest BCUT2D eigenvalue weighted by Crippen LogP contribution is -2.39. The van der Waals surface area contributed by atoms with Crippen molar-refractivity contribution in [3.63, 3.8) is 0 Å². The van der Waals surface area contributed by atoms with E-state index in [0.29, 0.717) is 0 Å². The maximum absolute atomic E-state index is 4.39. The van der Waals surface area contributed by atoms with E-state index in [0.717, 1.165) is 31.9 Å². The van der Waals surface area contributed by atoms with E-state index in [1.54, 1.807) is 11.3 Å². The number of aliphatic imine (C=N–C) groups is 1. The molecule has 2 aromatic rings. The number of nitrogens with one attached hydrogen (secondary N) is 1. The molecule has 1 N–H and O–H groups in total. The van der Waals surface area contributed by atoms with Gasteiger partial charge in [-0.1, -0.05) is 31.2 Å². The summed E-state index contributed by atoms with van der Waals surface area (Å²) in [5.74, 6) is 0.915. The molecule has 0 bridgehead atoms. The Labute approximate surface area is 143 Å². The molecule has 4 nitrogen and oxygen atoms in total. The van der Waals surface area contributed by atoms with E-state index in [4.69, 9.17) is 0 Å². The van der Waals surface area contributed by atoms with Gasteiger partial charge in [-0.15, -0.1) is 11.3 Å². The second kappa shape index (κ2) is 8.67. The minimum atomic E-state index is 0.846. The zero-order valence-corrected chi connectivity index (χ0v) is 15.3. The van der Waals surface area contributed by atoms with Crippen LogP contribution in [-0.2, 0) is 19.4 Å². The largest absolute Gasteiger partial charge is 0.356 e. The summed E-state index contributed by atoms with van der Waals surface area (Å²) in [5, 5.41) is 4.58.